The van der Waals surface area contributed by atoms with Gasteiger partial charge in [-0.1, -0.05) is 6.07 Å². The lowest BCUT2D eigenvalue weighted by atomic mass is 10.1. The van der Waals surface area contributed by atoms with Crippen molar-refractivity contribution < 1.29 is 36.2 Å². The predicted molar refractivity (Wildman–Crippen MR) is 48.9 cm³/mol. The molecule has 2 nitrogen and oxygen atoms in total. The fourth-order valence-corrected chi connectivity index (χ4v) is 1.30. The SMILES string of the molecule is OCCc1ccc(OC(F)(F)F)c(C(F)(F)F)c1. The lowest BCUT2D eigenvalue weighted by molar-refractivity contribution is -0.276. The minimum atomic E-state index is -5.20. The molecule has 0 aromatic heterocycles. The first kappa shape index (κ1) is 14.6. The first-order valence-corrected chi connectivity index (χ1v) is 4.70. The van der Waals surface area contributed by atoms with Crippen LogP contribution in [0.15, 0.2) is 18.2 Å². The summed E-state index contributed by atoms with van der Waals surface area (Å²) in [6, 6.07) is 2.14. The van der Waals surface area contributed by atoms with Crippen LogP contribution in [0.3, 0.4) is 0 Å². The molecule has 0 saturated carbocycles. The Hall–Kier alpha value is -1.44. The molecule has 0 spiro atoms. The molecule has 0 fully saturated rings. The smallest absolute Gasteiger partial charge is 0.405 e. The van der Waals surface area contributed by atoms with Crippen LogP contribution >= 0.6 is 0 Å². The van der Waals surface area contributed by atoms with Crippen LogP contribution in [0, 0.1) is 0 Å². The zero-order chi connectivity index (χ0) is 14.0. The van der Waals surface area contributed by atoms with E-state index in [-0.39, 0.29) is 12.0 Å². The van der Waals surface area contributed by atoms with Gasteiger partial charge in [0.25, 0.3) is 0 Å². The average molecular weight is 274 g/mol. The minimum Gasteiger partial charge on any atom is -0.405 e. The van der Waals surface area contributed by atoms with E-state index in [1.54, 1.807) is 0 Å². The first-order valence-electron chi connectivity index (χ1n) is 4.70. The molecular formula is C10H8F6O2. The molecule has 1 N–H and O–H groups in total. The molecule has 0 amide bonds. The van der Waals surface area contributed by atoms with Gasteiger partial charge in [0.05, 0.1) is 5.56 Å². The van der Waals surface area contributed by atoms with Crippen LogP contribution in [0.4, 0.5) is 26.3 Å². The van der Waals surface area contributed by atoms with E-state index < -0.39 is 30.5 Å². The van der Waals surface area contributed by atoms with Crippen LogP contribution in [0.1, 0.15) is 11.1 Å². The Bertz CT molecular complexity index is 410. The van der Waals surface area contributed by atoms with Gasteiger partial charge in [-0.25, -0.2) is 0 Å². The fraction of sp³-hybridized carbons (Fsp3) is 0.400. The summed E-state index contributed by atoms with van der Waals surface area (Å²) in [4.78, 5) is 0. The second kappa shape index (κ2) is 5.05. The molecule has 0 saturated heterocycles. The summed E-state index contributed by atoms with van der Waals surface area (Å²) in [5.41, 5.74) is -1.45. The summed E-state index contributed by atoms with van der Waals surface area (Å²) < 4.78 is 76.7. The third-order valence-electron chi connectivity index (χ3n) is 1.98. The van der Waals surface area contributed by atoms with Crippen molar-refractivity contribution in [1.29, 1.82) is 0 Å². The third-order valence-corrected chi connectivity index (χ3v) is 1.98. The number of hydrogen-bond acceptors (Lipinski definition) is 2. The molecule has 1 aromatic rings. The number of hydrogen-bond donors (Lipinski definition) is 1. The number of halogens is 6. The van der Waals surface area contributed by atoms with Crippen LogP contribution in [0.25, 0.3) is 0 Å². The molecule has 0 atom stereocenters. The van der Waals surface area contributed by atoms with E-state index in [9.17, 15) is 26.3 Å². The van der Waals surface area contributed by atoms with E-state index in [1.807, 2.05) is 0 Å². The van der Waals surface area contributed by atoms with E-state index in [4.69, 9.17) is 5.11 Å². The largest absolute Gasteiger partial charge is 0.573 e. The maximum Gasteiger partial charge on any atom is 0.573 e. The quantitative estimate of drug-likeness (QED) is 0.858. The highest BCUT2D eigenvalue weighted by molar-refractivity contribution is 5.39. The first-order chi connectivity index (χ1) is 8.13. The highest BCUT2D eigenvalue weighted by atomic mass is 19.4. The number of aliphatic hydroxyl groups is 1. The van der Waals surface area contributed by atoms with E-state index >= 15 is 0 Å². The fourth-order valence-electron chi connectivity index (χ4n) is 1.30. The zero-order valence-electron chi connectivity index (χ0n) is 8.77. The Morgan fingerprint density at radius 2 is 1.67 bits per heavy atom. The van der Waals surface area contributed by atoms with Crippen molar-refractivity contribution in [3.8, 4) is 5.75 Å². The van der Waals surface area contributed by atoms with E-state index in [0.717, 1.165) is 6.07 Å². The molecule has 0 aliphatic carbocycles. The van der Waals surface area contributed by atoms with Gasteiger partial charge in [0.15, 0.2) is 0 Å². The Morgan fingerprint density at radius 1 is 1.06 bits per heavy atom. The molecule has 18 heavy (non-hydrogen) atoms. The van der Waals surface area contributed by atoms with Gasteiger partial charge in [-0.15, -0.1) is 13.2 Å². The average Bonchev–Trinajstić information content (AvgIpc) is 2.17. The maximum absolute atomic E-state index is 12.5. The molecule has 0 heterocycles. The lowest BCUT2D eigenvalue weighted by Crippen LogP contribution is -2.20. The third kappa shape index (κ3) is 4.10. The maximum atomic E-state index is 12.5. The van der Waals surface area contributed by atoms with Gasteiger partial charge in [-0.2, -0.15) is 13.2 Å². The van der Waals surface area contributed by atoms with Crippen molar-refractivity contribution in [2.24, 2.45) is 0 Å². The summed E-state index contributed by atoms with van der Waals surface area (Å²) >= 11 is 0. The van der Waals surface area contributed by atoms with Gasteiger partial charge < -0.3 is 9.84 Å². The summed E-state index contributed by atoms with van der Waals surface area (Å²) in [5.74, 6) is -1.31. The van der Waals surface area contributed by atoms with E-state index in [2.05, 4.69) is 4.74 Å². The number of aliphatic hydroxyl groups excluding tert-OH is 1. The van der Waals surface area contributed by atoms with Crippen LogP contribution in [0.2, 0.25) is 0 Å². The van der Waals surface area contributed by atoms with E-state index in [0.29, 0.717) is 12.1 Å². The van der Waals surface area contributed by atoms with Crippen molar-refractivity contribution in [3.05, 3.63) is 29.3 Å². The van der Waals surface area contributed by atoms with Crippen LogP contribution in [0.5, 0.6) is 5.75 Å². The molecule has 1 rings (SSSR count). The van der Waals surface area contributed by atoms with Crippen molar-refractivity contribution >= 4 is 0 Å². The van der Waals surface area contributed by atoms with Gasteiger partial charge in [-0.3, -0.25) is 0 Å². The van der Waals surface area contributed by atoms with Crippen molar-refractivity contribution in [3.63, 3.8) is 0 Å². The molecule has 0 aliphatic heterocycles. The lowest BCUT2D eigenvalue weighted by Gasteiger charge is -2.16. The Labute approximate surface area is 97.8 Å². The van der Waals surface area contributed by atoms with Gasteiger partial charge in [-0.05, 0) is 24.1 Å². The summed E-state index contributed by atoms with van der Waals surface area (Å²) in [6.07, 6.45) is -10.3. The minimum absolute atomic E-state index is 0.0688. The van der Waals surface area contributed by atoms with Gasteiger partial charge in [0.1, 0.15) is 5.75 Å². The molecule has 102 valence electrons. The normalized spacial score (nSPS) is 12.6. The monoisotopic (exact) mass is 274 g/mol. The molecule has 0 unspecified atom stereocenters. The van der Waals surface area contributed by atoms with Crippen molar-refractivity contribution in [1.82, 2.24) is 0 Å². The second-order valence-corrected chi connectivity index (χ2v) is 3.35. The predicted octanol–water partition coefficient (Wildman–Crippen LogP) is 3.14. The Morgan fingerprint density at radius 3 is 2.11 bits per heavy atom. The highest BCUT2D eigenvalue weighted by Gasteiger charge is 2.39. The number of ether oxygens (including phenoxy) is 1. The standard InChI is InChI=1S/C10H8F6O2/c11-9(12,13)7-5-6(3-4-17)1-2-8(7)18-10(14,15)16/h1-2,5,17H,3-4H2. The number of rotatable bonds is 3. The summed E-state index contributed by atoms with van der Waals surface area (Å²) in [7, 11) is 0. The summed E-state index contributed by atoms with van der Waals surface area (Å²) in [5, 5.41) is 8.58. The van der Waals surface area contributed by atoms with Crippen LogP contribution in [-0.4, -0.2) is 18.1 Å². The second-order valence-electron chi connectivity index (χ2n) is 3.35. The van der Waals surface area contributed by atoms with Crippen molar-refractivity contribution in [2.45, 2.75) is 19.0 Å². The van der Waals surface area contributed by atoms with Gasteiger partial charge in [0.2, 0.25) is 0 Å². The Kier molecular flexibility index (Phi) is 4.10. The summed E-state index contributed by atoms with van der Waals surface area (Å²) in [6.45, 7) is -0.406. The van der Waals surface area contributed by atoms with Crippen LogP contribution < -0.4 is 4.74 Å². The molecule has 0 aliphatic rings. The van der Waals surface area contributed by atoms with Crippen LogP contribution in [-0.2, 0) is 12.6 Å². The highest BCUT2D eigenvalue weighted by Crippen LogP contribution is 2.38. The van der Waals surface area contributed by atoms with Gasteiger partial charge in [0, 0.05) is 6.61 Å². The number of benzene rings is 1. The van der Waals surface area contributed by atoms with Crippen molar-refractivity contribution in [2.75, 3.05) is 6.61 Å². The Balaban J connectivity index is 3.17. The topological polar surface area (TPSA) is 29.5 Å². The van der Waals surface area contributed by atoms with E-state index in [1.165, 1.54) is 0 Å². The molecular weight excluding hydrogens is 266 g/mol. The molecule has 8 heteroatoms. The molecule has 1 aromatic carbocycles. The number of alkyl halides is 6. The molecule has 0 radical (unpaired) electrons. The zero-order valence-corrected chi connectivity index (χ0v) is 8.77. The van der Waals surface area contributed by atoms with Gasteiger partial charge >= 0.3 is 12.5 Å². The molecule has 0 bridgehead atoms.